The number of fused-ring (bicyclic) bond motifs is 1. The third-order valence-electron chi connectivity index (χ3n) is 4.25. The summed E-state index contributed by atoms with van der Waals surface area (Å²) >= 11 is 0. The van der Waals surface area contributed by atoms with E-state index in [1.807, 2.05) is 60.8 Å². The van der Waals surface area contributed by atoms with E-state index in [0.717, 1.165) is 48.5 Å². The van der Waals surface area contributed by atoms with Crippen LogP contribution in [0.15, 0.2) is 60.8 Å². The third kappa shape index (κ3) is 3.11. The van der Waals surface area contributed by atoms with E-state index in [4.69, 9.17) is 9.72 Å². The Morgan fingerprint density at radius 3 is 2.35 bits per heavy atom. The monoisotopic (exact) mass is 305 g/mol. The lowest BCUT2D eigenvalue weighted by molar-refractivity contribution is 0.170. The molecule has 4 nitrogen and oxygen atoms in total. The summed E-state index contributed by atoms with van der Waals surface area (Å²) in [7, 11) is 0. The van der Waals surface area contributed by atoms with E-state index in [2.05, 4.69) is 9.88 Å². The van der Waals surface area contributed by atoms with Gasteiger partial charge in [-0.05, 0) is 24.3 Å². The highest BCUT2D eigenvalue weighted by Gasteiger charge is 2.21. The van der Waals surface area contributed by atoms with Gasteiger partial charge < -0.3 is 9.64 Å². The van der Waals surface area contributed by atoms with E-state index in [0.29, 0.717) is 0 Å². The van der Waals surface area contributed by atoms with Gasteiger partial charge in [0.2, 0.25) is 0 Å². The van der Waals surface area contributed by atoms with Crippen molar-refractivity contribution in [1.29, 1.82) is 0 Å². The number of rotatable bonds is 3. The summed E-state index contributed by atoms with van der Waals surface area (Å²) < 4.78 is 6.05. The summed E-state index contributed by atoms with van der Waals surface area (Å²) in [4.78, 5) is 11.5. The summed E-state index contributed by atoms with van der Waals surface area (Å²) in [6.07, 6.45) is 4.16. The first-order chi connectivity index (χ1) is 11.4. The molecule has 2 heterocycles. The van der Waals surface area contributed by atoms with Gasteiger partial charge in [-0.15, -0.1) is 0 Å². The lowest BCUT2D eigenvalue weighted by Gasteiger charge is -2.32. The van der Waals surface area contributed by atoms with Gasteiger partial charge in [0.15, 0.2) is 0 Å². The minimum atomic E-state index is 0.280. The smallest absolute Gasteiger partial charge is 0.147 e. The normalized spacial score (nSPS) is 15.7. The average Bonchev–Trinajstić information content (AvgIpc) is 2.63. The zero-order valence-corrected chi connectivity index (χ0v) is 12.9. The first-order valence-electron chi connectivity index (χ1n) is 8.07. The SMILES string of the molecule is c1ccc(OC2CCN(c3cnc4ccccc4n3)CC2)cc1. The molecule has 0 spiro atoms. The second kappa shape index (κ2) is 6.24. The molecule has 0 saturated carbocycles. The topological polar surface area (TPSA) is 38.2 Å². The highest BCUT2D eigenvalue weighted by Crippen LogP contribution is 2.22. The third-order valence-corrected chi connectivity index (χ3v) is 4.25. The van der Waals surface area contributed by atoms with Gasteiger partial charge in [-0.3, -0.25) is 4.98 Å². The Labute approximate surface area is 135 Å². The molecule has 0 unspecified atom stereocenters. The first-order valence-corrected chi connectivity index (χ1v) is 8.07. The fourth-order valence-corrected chi connectivity index (χ4v) is 2.99. The number of aromatic nitrogens is 2. The summed E-state index contributed by atoms with van der Waals surface area (Å²) in [5, 5.41) is 0. The quantitative estimate of drug-likeness (QED) is 0.740. The molecule has 1 aliphatic heterocycles. The first kappa shape index (κ1) is 14.0. The summed E-state index contributed by atoms with van der Waals surface area (Å²) in [6.45, 7) is 1.90. The number of ether oxygens (including phenoxy) is 1. The fraction of sp³-hybridized carbons (Fsp3) is 0.263. The zero-order chi connectivity index (χ0) is 15.5. The maximum atomic E-state index is 6.05. The molecule has 4 rings (SSSR count). The summed E-state index contributed by atoms with van der Waals surface area (Å²) in [5.74, 6) is 1.92. The Kier molecular flexibility index (Phi) is 3.80. The van der Waals surface area contributed by atoms with Crippen LogP contribution in [0.2, 0.25) is 0 Å². The molecule has 0 radical (unpaired) electrons. The van der Waals surface area contributed by atoms with Crippen molar-refractivity contribution >= 4 is 16.9 Å². The van der Waals surface area contributed by atoms with Gasteiger partial charge in [-0.25, -0.2) is 4.98 Å². The molecule has 0 atom stereocenters. The molecule has 1 aromatic heterocycles. The van der Waals surface area contributed by atoms with Crippen molar-refractivity contribution in [3.05, 3.63) is 60.8 Å². The lowest BCUT2D eigenvalue weighted by atomic mass is 10.1. The molecule has 23 heavy (non-hydrogen) atoms. The molecule has 2 aromatic carbocycles. The second-order valence-corrected chi connectivity index (χ2v) is 5.83. The van der Waals surface area contributed by atoms with E-state index in [1.165, 1.54) is 0 Å². The molecule has 0 N–H and O–H groups in total. The van der Waals surface area contributed by atoms with E-state index in [9.17, 15) is 0 Å². The molecule has 1 fully saturated rings. The van der Waals surface area contributed by atoms with Crippen LogP contribution < -0.4 is 9.64 Å². The summed E-state index contributed by atoms with van der Waals surface area (Å²) in [5.41, 5.74) is 1.89. The van der Waals surface area contributed by atoms with E-state index < -0.39 is 0 Å². The number of hydrogen-bond donors (Lipinski definition) is 0. The number of piperidine rings is 1. The van der Waals surface area contributed by atoms with Crippen LogP contribution in [0.4, 0.5) is 5.82 Å². The van der Waals surface area contributed by atoms with Crippen LogP contribution in [0.5, 0.6) is 5.75 Å². The van der Waals surface area contributed by atoms with Gasteiger partial charge >= 0.3 is 0 Å². The number of hydrogen-bond acceptors (Lipinski definition) is 4. The van der Waals surface area contributed by atoms with Crippen molar-refractivity contribution in [2.45, 2.75) is 18.9 Å². The van der Waals surface area contributed by atoms with E-state index in [-0.39, 0.29) is 6.10 Å². The Bertz CT molecular complexity index is 783. The predicted octanol–water partition coefficient (Wildman–Crippen LogP) is 3.68. The summed E-state index contributed by atoms with van der Waals surface area (Å²) in [6, 6.07) is 18.0. The molecule has 0 amide bonds. The van der Waals surface area contributed by atoms with Crippen molar-refractivity contribution < 1.29 is 4.74 Å². The zero-order valence-electron chi connectivity index (χ0n) is 12.9. The number of anilines is 1. The van der Waals surface area contributed by atoms with Crippen molar-refractivity contribution in [1.82, 2.24) is 9.97 Å². The minimum Gasteiger partial charge on any atom is -0.490 e. The van der Waals surface area contributed by atoms with E-state index >= 15 is 0 Å². The Hall–Kier alpha value is -2.62. The average molecular weight is 305 g/mol. The van der Waals surface area contributed by atoms with Crippen LogP contribution in [-0.2, 0) is 0 Å². The molecule has 1 saturated heterocycles. The van der Waals surface area contributed by atoms with Crippen molar-refractivity contribution in [3.8, 4) is 5.75 Å². The molecule has 0 aliphatic carbocycles. The molecular formula is C19H19N3O. The highest BCUT2D eigenvalue weighted by molar-refractivity contribution is 5.75. The van der Waals surface area contributed by atoms with Gasteiger partial charge in [0, 0.05) is 25.9 Å². The molecular weight excluding hydrogens is 286 g/mol. The molecule has 0 bridgehead atoms. The predicted molar refractivity (Wildman–Crippen MR) is 91.8 cm³/mol. The highest BCUT2D eigenvalue weighted by atomic mass is 16.5. The van der Waals surface area contributed by atoms with Crippen LogP contribution in [0.3, 0.4) is 0 Å². The maximum absolute atomic E-state index is 6.05. The Morgan fingerprint density at radius 1 is 0.870 bits per heavy atom. The van der Waals surface area contributed by atoms with Crippen LogP contribution in [0.1, 0.15) is 12.8 Å². The van der Waals surface area contributed by atoms with Crippen LogP contribution in [-0.4, -0.2) is 29.2 Å². The number of para-hydroxylation sites is 3. The maximum Gasteiger partial charge on any atom is 0.147 e. The number of benzene rings is 2. The van der Waals surface area contributed by atoms with Crippen LogP contribution >= 0.6 is 0 Å². The molecule has 1 aliphatic rings. The number of nitrogens with zero attached hydrogens (tertiary/aromatic N) is 3. The van der Waals surface area contributed by atoms with Gasteiger partial charge in [0.05, 0.1) is 17.2 Å². The van der Waals surface area contributed by atoms with Crippen molar-refractivity contribution in [3.63, 3.8) is 0 Å². The lowest BCUT2D eigenvalue weighted by Crippen LogP contribution is -2.38. The Balaban J connectivity index is 1.42. The van der Waals surface area contributed by atoms with Gasteiger partial charge in [-0.1, -0.05) is 30.3 Å². The largest absolute Gasteiger partial charge is 0.490 e. The standard InChI is InChI=1S/C19H19N3O/c1-2-6-15(7-3-1)23-16-10-12-22(13-11-16)19-14-20-17-8-4-5-9-18(17)21-19/h1-9,14,16H,10-13H2. The van der Waals surface area contributed by atoms with E-state index in [1.54, 1.807) is 0 Å². The molecule has 3 aromatic rings. The van der Waals surface area contributed by atoms with Gasteiger partial charge in [0.1, 0.15) is 17.7 Å². The van der Waals surface area contributed by atoms with Crippen molar-refractivity contribution in [2.24, 2.45) is 0 Å². The second-order valence-electron chi connectivity index (χ2n) is 5.83. The van der Waals surface area contributed by atoms with Crippen molar-refractivity contribution in [2.75, 3.05) is 18.0 Å². The molecule has 4 heteroatoms. The minimum absolute atomic E-state index is 0.280. The fourth-order valence-electron chi connectivity index (χ4n) is 2.99. The van der Waals surface area contributed by atoms with Gasteiger partial charge in [-0.2, -0.15) is 0 Å². The molecule has 116 valence electrons. The van der Waals surface area contributed by atoms with Crippen LogP contribution in [0.25, 0.3) is 11.0 Å². The van der Waals surface area contributed by atoms with Gasteiger partial charge in [0.25, 0.3) is 0 Å². The van der Waals surface area contributed by atoms with Crippen LogP contribution in [0, 0.1) is 0 Å². The Morgan fingerprint density at radius 2 is 1.57 bits per heavy atom.